The molecule has 138 valence electrons. The van der Waals surface area contributed by atoms with E-state index in [9.17, 15) is 9.59 Å². The van der Waals surface area contributed by atoms with Gasteiger partial charge in [0.1, 0.15) is 6.54 Å². The zero-order valence-corrected chi connectivity index (χ0v) is 15.4. The van der Waals surface area contributed by atoms with E-state index in [1.807, 2.05) is 31.2 Å². The van der Waals surface area contributed by atoms with Crippen LogP contribution in [0.5, 0.6) is 0 Å². The maximum Gasteiger partial charge on any atom is 0.255 e. The summed E-state index contributed by atoms with van der Waals surface area (Å²) in [6.45, 7) is 3.74. The van der Waals surface area contributed by atoms with Crippen molar-refractivity contribution < 1.29 is 4.79 Å². The first-order valence-electron chi connectivity index (χ1n) is 9.23. The van der Waals surface area contributed by atoms with E-state index < -0.39 is 0 Å². The second-order valence-corrected chi connectivity index (χ2v) is 7.04. The number of aryl methyl sites for hydroxylation is 2. The van der Waals surface area contributed by atoms with Gasteiger partial charge in [-0.2, -0.15) is 0 Å². The van der Waals surface area contributed by atoms with Crippen molar-refractivity contribution in [3.05, 3.63) is 51.9 Å². The minimum absolute atomic E-state index is 0.0310. The quantitative estimate of drug-likeness (QED) is 0.865. The monoisotopic (exact) mass is 354 g/mol. The number of aromatic nitrogens is 2. The zero-order chi connectivity index (χ0) is 18.5. The Labute approximate surface area is 153 Å². The Bertz CT molecular complexity index is 838. The number of rotatable bonds is 5. The van der Waals surface area contributed by atoms with Crippen molar-refractivity contribution >= 4 is 17.5 Å². The van der Waals surface area contributed by atoms with E-state index in [-0.39, 0.29) is 24.1 Å². The van der Waals surface area contributed by atoms with Crippen LogP contribution in [-0.4, -0.2) is 21.5 Å². The van der Waals surface area contributed by atoms with Crippen LogP contribution in [0.2, 0.25) is 0 Å². The summed E-state index contributed by atoms with van der Waals surface area (Å²) in [6, 6.07) is 9.49. The van der Waals surface area contributed by atoms with Gasteiger partial charge in [-0.15, -0.1) is 0 Å². The highest BCUT2D eigenvalue weighted by atomic mass is 16.2. The van der Waals surface area contributed by atoms with Crippen molar-refractivity contribution in [2.24, 2.45) is 0 Å². The summed E-state index contributed by atoms with van der Waals surface area (Å²) in [5, 5.41) is 6.23. The van der Waals surface area contributed by atoms with Gasteiger partial charge in [-0.1, -0.05) is 31.4 Å². The standard InChI is InChI=1S/C20H26N4O2/c1-14-7-6-10-17(11-14)23-20-21-15(2)12-19(26)24(20)13-18(25)22-16-8-4-3-5-9-16/h6-7,10-12,16H,3-5,8-9,13H2,1-2H3,(H,21,23)(H,22,25). The third kappa shape index (κ3) is 4.71. The molecule has 0 aliphatic heterocycles. The molecule has 26 heavy (non-hydrogen) atoms. The molecule has 6 nitrogen and oxygen atoms in total. The number of amides is 1. The largest absolute Gasteiger partial charge is 0.352 e. The molecule has 2 N–H and O–H groups in total. The summed E-state index contributed by atoms with van der Waals surface area (Å²) in [6.07, 6.45) is 5.56. The van der Waals surface area contributed by atoms with E-state index in [1.54, 1.807) is 6.92 Å². The van der Waals surface area contributed by atoms with Crippen LogP contribution in [0.1, 0.15) is 43.4 Å². The normalized spacial score (nSPS) is 14.8. The van der Waals surface area contributed by atoms with Crippen LogP contribution < -0.4 is 16.2 Å². The molecule has 1 aromatic heterocycles. The molecule has 1 fully saturated rings. The Morgan fingerprint density at radius 2 is 1.96 bits per heavy atom. The van der Waals surface area contributed by atoms with E-state index in [1.165, 1.54) is 17.1 Å². The maximum absolute atomic E-state index is 12.5. The second kappa shape index (κ2) is 8.17. The molecule has 1 amide bonds. The van der Waals surface area contributed by atoms with E-state index in [2.05, 4.69) is 15.6 Å². The maximum atomic E-state index is 12.5. The molecule has 2 aromatic rings. The lowest BCUT2D eigenvalue weighted by Gasteiger charge is -2.23. The van der Waals surface area contributed by atoms with Gasteiger partial charge in [0.25, 0.3) is 5.56 Å². The predicted octanol–water partition coefficient (Wildman–Crippen LogP) is 3.05. The average molecular weight is 354 g/mol. The summed E-state index contributed by atoms with van der Waals surface area (Å²) < 4.78 is 1.40. The number of hydrogen-bond acceptors (Lipinski definition) is 4. The van der Waals surface area contributed by atoms with Crippen LogP contribution in [0.4, 0.5) is 11.6 Å². The summed E-state index contributed by atoms with van der Waals surface area (Å²) in [5.74, 6) is 0.247. The molecule has 1 aliphatic rings. The minimum atomic E-state index is -0.230. The van der Waals surface area contributed by atoms with Gasteiger partial charge in [-0.3, -0.25) is 14.2 Å². The lowest BCUT2D eigenvalue weighted by Crippen LogP contribution is -2.40. The van der Waals surface area contributed by atoms with Crippen LogP contribution in [-0.2, 0) is 11.3 Å². The number of nitrogens with zero attached hydrogens (tertiary/aromatic N) is 2. The van der Waals surface area contributed by atoms with Gasteiger partial charge in [0, 0.05) is 23.5 Å². The van der Waals surface area contributed by atoms with Gasteiger partial charge in [0.05, 0.1) is 0 Å². The second-order valence-electron chi connectivity index (χ2n) is 7.04. The van der Waals surface area contributed by atoms with Crippen LogP contribution in [0, 0.1) is 13.8 Å². The number of benzene rings is 1. The highest BCUT2D eigenvalue weighted by Gasteiger charge is 2.17. The smallest absolute Gasteiger partial charge is 0.255 e. The van der Waals surface area contributed by atoms with E-state index in [4.69, 9.17) is 0 Å². The molecule has 1 aromatic carbocycles. The number of hydrogen-bond donors (Lipinski definition) is 2. The van der Waals surface area contributed by atoms with E-state index in [0.29, 0.717) is 11.6 Å². The first-order valence-corrected chi connectivity index (χ1v) is 9.23. The molecular formula is C20H26N4O2. The molecule has 1 aliphatic carbocycles. The summed E-state index contributed by atoms with van der Waals surface area (Å²) >= 11 is 0. The average Bonchev–Trinajstić information content (AvgIpc) is 2.59. The molecule has 1 saturated carbocycles. The van der Waals surface area contributed by atoms with Crippen LogP contribution in [0.15, 0.2) is 35.1 Å². The molecule has 0 spiro atoms. The number of carbonyl (C=O) groups is 1. The Morgan fingerprint density at radius 1 is 1.19 bits per heavy atom. The van der Waals surface area contributed by atoms with Crippen molar-refractivity contribution in [2.75, 3.05) is 5.32 Å². The molecular weight excluding hydrogens is 328 g/mol. The van der Waals surface area contributed by atoms with Gasteiger partial charge < -0.3 is 10.6 Å². The molecule has 0 unspecified atom stereocenters. The zero-order valence-electron chi connectivity index (χ0n) is 15.4. The topological polar surface area (TPSA) is 76.0 Å². The summed E-state index contributed by atoms with van der Waals surface area (Å²) in [4.78, 5) is 29.3. The number of anilines is 2. The van der Waals surface area contributed by atoms with Gasteiger partial charge in [0.2, 0.25) is 11.9 Å². The van der Waals surface area contributed by atoms with Crippen molar-refractivity contribution in [3.63, 3.8) is 0 Å². The van der Waals surface area contributed by atoms with Gasteiger partial charge in [-0.25, -0.2) is 4.98 Å². The minimum Gasteiger partial charge on any atom is -0.352 e. The molecule has 6 heteroatoms. The van der Waals surface area contributed by atoms with Crippen molar-refractivity contribution in [1.29, 1.82) is 0 Å². The fraction of sp³-hybridized carbons (Fsp3) is 0.450. The molecule has 0 bridgehead atoms. The molecule has 1 heterocycles. The Morgan fingerprint density at radius 3 is 2.69 bits per heavy atom. The Kier molecular flexibility index (Phi) is 5.71. The van der Waals surface area contributed by atoms with Gasteiger partial charge in [-0.05, 0) is 44.4 Å². The molecule has 0 saturated heterocycles. The molecule has 0 atom stereocenters. The highest BCUT2D eigenvalue weighted by Crippen LogP contribution is 2.18. The van der Waals surface area contributed by atoms with Gasteiger partial charge >= 0.3 is 0 Å². The van der Waals surface area contributed by atoms with E-state index in [0.717, 1.165) is 36.9 Å². The number of nitrogens with one attached hydrogen (secondary N) is 2. The van der Waals surface area contributed by atoms with Gasteiger partial charge in [0.15, 0.2) is 0 Å². The third-order valence-corrected chi connectivity index (χ3v) is 4.68. The third-order valence-electron chi connectivity index (χ3n) is 4.68. The summed E-state index contributed by atoms with van der Waals surface area (Å²) in [7, 11) is 0. The lowest BCUT2D eigenvalue weighted by atomic mass is 9.95. The molecule has 3 rings (SSSR count). The lowest BCUT2D eigenvalue weighted by molar-refractivity contribution is -0.122. The van der Waals surface area contributed by atoms with Crippen LogP contribution in [0.25, 0.3) is 0 Å². The van der Waals surface area contributed by atoms with Crippen LogP contribution in [0.3, 0.4) is 0 Å². The van der Waals surface area contributed by atoms with Crippen molar-refractivity contribution in [1.82, 2.24) is 14.9 Å². The van der Waals surface area contributed by atoms with Crippen LogP contribution >= 0.6 is 0 Å². The van der Waals surface area contributed by atoms with Crippen molar-refractivity contribution in [2.45, 2.75) is 58.5 Å². The highest BCUT2D eigenvalue weighted by molar-refractivity contribution is 5.76. The SMILES string of the molecule is Cc1cccc(Nc2nc(C)cc(=O)n2CC(=O)NC2CCCCC2)c1. The fourth-order valence-corrected chi connectivity index (χ4v) is 3.38. The fourth-order valence-electron chi connectivity index (χ4n) is 3.38. The predicted molar refractivity (Wildman–Crippen MR) is 103 cm³/mol. The first kappa shape index (κ1) is 18.2. The summed E-state index contributed by atoms with van der Waals surface area (Å²) in [5.41, 5.74) is 2.33. The first-order chi connectivity index (χ1) is 12.5. The van der Waals surface area contributed by atoms with E-state index >= 15 is 0 Å². The Hall–Kier alpha value is -2.63. The Balaban J connectivity index is 1.79. The number of carbonyl (C=O) groups excluding carboxylic acids is 1. The molecule has 0 radical (unpaired) electrons. The van der Waals surface area contributed by atoms with Crippen molar-refractivity contribution in [3.8, 4) is 0 Å².